The van der Waals surface area contributed by atoms with Crippen molar-refractivity contribution in [1.82, 2.24) is 34.3 Å². The summed E-state index contributed by atoms with van der Waals surface area (Å²) in [6.45, 7) is 0.755. The predicted octanol–water partition coefficient (Wildman–Crippen LogP) is 4.38. The third kappa shape index (κ3) is 5.33. The van der Waals surface area contributed by atoms with E-state index in [1.54, 1.807) is 24.0 Å². The molecule has 4 heterocycles. The molecule has 4 aromatic rings. The van der Waals surface area contributed by atoms with Gasteiger partial charge in [0.25, 0.3) is 5.91 Å². The fourth-order valence-electron chi connectivity index (χ4n) is 3.74. The Morgan fingerprint density at radius 2 is 2.05 bits per heavy atom. The SMILES string of the molecule is C[C@H](Cn1cnnc1-c1nc(NC(=O)c2cc(-n3cnc(C4CC4)c3)c(N(C)C)cn2)cs1)C(F)(F)F. The first-order chi connectivity index (χ1) is 17.6. The first-order valence-corrected chi connectivity index (χ1v) is 12.4. The predicted molar refractivity (Wildman–Crippen MR) is 132 cm³/mol. The Balaban J connectivity index is 1.35. The average molecular weight is 532 g/mol. The molecule has 1 aliphatic rings. The average Bonchev–Trinajstić information content (AvgIpc) is 3.22. The van der Waals surface area contributed by atoms with Gasteiger partial charge in [0.05, 0.1) is 35.5 Å². The lowest BCUT2D eigenvalue weighted by molar-refractivity contribution is -0.172. The summed E-state index contributed by atoms with van der Waals surface area (Å²) in [5.41, 5.74) is 2.79. The van der Waals surface area contributed by atoms with Crippen LogP contribution in [0.1, 0.15) is 41.9 Å². The van der Waals surface area contributed by atoms with Crippen molar-refractivity contribution in [3.05, 3.63) is 47.9 Å². The van der Waals surface area contributed by atoms with Crippen LogP contribution in [-0.2, 0) is 6.54 Å². The number of carbonyl (C=O) groups is 1. The highest BCUT2D eigenvalue weighted by Gasteiger charge is 2.36. The summed E-state index contributed by atoms with van der Waals surface area (Å²) in [6.07, 6.45) is 4.50. The summed E-state index contributed by atoms with van der Waals surface area (Å²) < 4.78 is 42.2. The Morgan fingerprint density at radius 1 is 1.27 bits per heavy atom. The van der Waals surface area contributed by atoms with Gasteiger partial charge in [-0.05, 0) is 18.9 Å². The third-order valence-electron chi connectivity index (χ3n) is 6.03. The highest BCUT2D eigenvalue weighted by atomic mass is 32.1. The maximum absolute atomic E-state index is 13.0. The number of aromatic nitrogens is 7. The zero-order chi connectivity index (χ0) is 26.3. The number of pyridine rings is 1. The summed E-state index contributed by atoms with van der Waals surface area (Å²) in [6, 6.07) is 1.69. The monoisotopic (exact) mass is 531 g/mol. The molecule has 4 aromatic heterocycles. The number of halogens is 3. The lowest BCUT2D eigenvalue weighted by atomic mass is 10.2. The van der Waals surface area contributed by atoms with Crippen LogP contribution >= 0.6 is 11.3 Å². The van der Waals surface area contributed by atoms with Crippen LogP contribution in [0.25, 0.3) is 16.5 Å². The molecular weight excluding hydrogens is 507 g/mol. The van der Waals surface area contributed by atoms with Crippen molar-refractivity contribution in [3.8, 4) is 16.5 Å². The molecule has 0 radical (unpaired) electrons. The largest absolute Gasteiger partial charge is 0.393 e. The van der Waals surface area contributed by atoms with Gasteiger partial charge in [-0.3, -0.25) is 4.79 Å². The maximum atomic E-state index is 13.0. The van der Waals surface area contributed by atoms with E-state index in [1.165, 1.54) is 10.9 Å². The van der Waals surface area contributed by atoms with E-state index in [4.69, 9.17) is 0 Å². The Hall–Kier alpha value is -3.81. The van der Waals surface area contributed by atoms with Gasteiger partial charge in [0, 0.05) is 38.1 Å². The van der Waals surface area contributed by atoms with Crippen molar-refractivity contribution in [2.24, 2.45) is 5.92 Å². The van der Waals surface area contributed by atoms with Crippen LogP contribution in [0.2, 0.25) is 0 Å². The third-order valence-corrected chi connectivity index (χ3v) is 6.87. The van der Waals surface area contributed by atoms with Crippen molar-refractivity contribution in [2.75, 3.05) is 24.3 Å². The lowest BCUT2D eigenvalue weighted by Crippen LogP contribution is -2.24. The number of thiazole rings is 1. The van der Waals surface area contributed by atoms with Crippen molar-refractivity contribution < 1.29 is 18.0 Å². The number of anilines is 2. The molecule has 0 saturated heterocycles. The number of nitrogens with one attached hydrogen (secondary N) is 1. The van der Waals surface area contributed by atoms with Crippen LogP contribution in [-0.4, -0.2) is 60.5 Å². The van der Waals surface area contributed by atoms with E-state index in [2.05, 4.69) is 30.5 Å². The first-order valence-electron chi connectivity index (χ1n) is 11.5. The molecule has 194 valence electrons. The van der Waals surface area contributed by atoms with Crippen molar-refractivity contribution in [2.45, 2.75) is 38.4 Å². The van der Waals surface area contributed by atoms with E-state index in [0.29, 0.717) is 10.9 Å². The van der Waals surface area contributed by atoms with E-state index < -0.39 is 18.0 Å². The minimum atomic E-state index is -4.34. The quantitative estimate of drug-likeness (QED) is 0.360. The van der Waals surface area contributed by atoms with E-state index in [-0.39, 0.29) is 23.9 Å². The number of amides is 1. The van der Waals surface area contributed by atoms with Gasteiger partial charge in [-0.1, -0.05) is 6.92 Å². The number of nitrogens with zero attached hydrogens (tertiary/aromatic N) is 8. The highest BCUT2D eigenvalue weighted by Crippen LogP contribution is 2.39. The number of hydrogen-bond acceptors (Lipinski definition) is 8. The second-order valence-corrected chi connectivity index (χ2v) is 10.0. The highest BCUT2D eigenvalue weighted by molar-refractivity contribution is 7.13. The normalized spacial score (nSPS) is 14.5. The number of hydrogen-bond donors (Lipinski definition) is 1. The summed E-state index contributed by atoms with van der Waals surface area (Å²) in [4.78, 5) is 28.1. The molecule has 1 amide bonds. The Labute approximate surface area is 214 Å². The second-order valence-electron chi connectivity index (χ2n) is 9.17. The molecule has 0 aromatic carbocycles. The standard InChI is InChI=1S/C23H24F3N9OS/c1-13(23(24,25)26)8-35-12-29-32-20(35)22-31-19(10-37-22)30-21(36)15-6-17(18(7-27-15)33(2)3)34-9-16(28-11-34)14-4-5-14/h6-7,9-14H,4-5,8H2,1-3H3,(H,30,36)/t13-/m1/s1. The fraction of sp³-hybridized carbons (Fsp3) is 0.391. The summed E-state index contributed by atoms with van der Waals surface area (Å²) >= 11 is 1.14. The van der Waals surface area contributed by atoms with Gasteiger partial charge < -0.3 is 19.4 Å². The summed E-state index contributed by atoms with van der Waals surface area (Å²) in [5, 5.41) is 12.3. The molecule has 0 unspecified atom stereocenters. The van der Waals surface area contributed by atoms with Gasteiger partial charge in [0.1, 0.15) is 17.8 Å². The number of alkyl halides is 3. The van der Waals surface area contributed by atoms with Gasteiger partial charge >= 0.3 is 6.18 Å². The van der Waals surface area contributed by atoms with Gasteiger partial charge in [-0.2, -0.15) is 13.2 Å². The maximum Gasteiger partial charge on any atom is 0.393 e. The van der Waals surface area contributed by atoms with E-state index in [0.717, 1.165) is 48.2 Å². The van der Waals surface area contributed by atoms with Gasteiger partial charge in [-0.15, -0.1) is 21.5 Å². The van der Waals surface area contributed by atoms with Gasteiger partial charge in [0.15, 0.2) is 10.8 Å². The van der Waals surface area contributed by atoms with Crippen molar-refractivity contribution >= 4 is 28.7 Å². The zero-order valence-electron chi connectivity index (χ0n) is 20.3. The molecule has 0 spiro atoms. The summed E-state index contributed by atoms with van der Waals surface area (Å²) in [5.74, 6) is -1.12. The number of imidazole rings is 1. The van der Waals surface area contributed by atoms with E-state index in [1.807, 2.05) is 29.8 Å². The van der Waals surface area contributed by atoms with E-state index >= 15 is 0 Å². The topological polar surface area (TPSA) is 107 Å². The zero-order valence-corrected chi connectivity index (χ0v) is 21.1. The Kier molecular flexibility index (Phi) is 6.43. The molecule has 1 saturated carbocycles. The van der Waals surface area contributed by atoms with Crippen LogP contribution in [0.3, 0.4) is 0 Å². The van der Waals surface area contributed by atoms with Crippen LogP contribution in [0.5, 0.6) is 0 Å². The smallest absolute Gasteiger partial charge is 0.375 e. The van der Waals surface area contributed by atoms with Gasteiger partial charge in [0.2, 0.25) is 0 Å². The van der Waals surface area contributed by atoms with E-state index in [9.17, 15) is 18.0 Å². The molecule has 37 heavy (non-hydrogen) atoms. The second kappa shape index (κ2) is 9.57. The van der Waals surface area contributed by atoms with Crippen molar-refractivity contribution in [1.29, 1.82) is 0 Å². The molecule has 0 bridgehead atoms. The Bertz CT molecular complexity index is 1420. The Morgan fingerprint density at radius 3 is 2.76 bits per heavy atom. The molecular formula is C23H24F3N9OS. The molecule has 1 N–H and O–H groups in total. The van der Waals surface area contributed by atoms with Crippen molar-refractivity contribution in [3.63, 3.8) is 0 Å². The minimum absolute atomic E-state index is 0.180. The van der Waals surface area contributed by atoms with Crippen LogP contribution in [0.15, 0.2) is 36.5 Å². The molecule has 10 nitrogen and oxygen atoms in total. The summed E-state index contributed by atoms with van der Waals surface area (Å²) in [7, 11) is 3.79. The lowest BCUT2D eigenvalue weighted by Gasteiger charge is -2.18. The molecule has 0 aliphatic heterocycles. The molecule has 14 heteroatoms. The molecule has 1 fully saturated rings. The molecule has 1 aliphatic carbocycles. The number of carbonyl (C=O) groups excluding carboxylic acids is 1. The first kappa shape index (κ1) is 24.9. The molecule has 1 atom stereocenters. The van der Waals surface area contributed by atoms with Gasteiger partial charge in [-0.25, -0.2) is 15.0 Å². The minimum Gasteiger partial charge on any atom is -0.375 e. The van der Waals surface area contributed by atoms with Crippen LogP contribution < -0.4 is 10.2 Å². The van der Waals surface area contributed by atoms with Crippen LogP contribution in [0, 0.1) is 5.92 Å². The fourth-order valence-corrected chi connectivity index (χ4v) is 4.49. The number of rotatable bonds is 8. The van der Waals surface area contributed by atoms with Crippen LogP contribution in [0.4, 0.5) is 24.7 Å². The molecule has 5 rings (SSSR count).